The first-order valence-corrected chi connectivity index (χ1v) is 6.80. The van der Waals surface area contributed by atoms with Gasteiger partial charge in [-0.1, -0.05) is 24.6 Å². The fourth-order valence-electron chi connectivity index (χ4n) is 2.11. The third-order valence-electron chi connectivity index (χ3n) is 3.35. The van der Waals surface area contributed by atoms with E-state index in [-0.39, 0.29) is 0 Å². The fourth-order valence-corrected chi connectivity index (χ4v) is 2.30. The Morgan fingerprint density at radius 3 is 2.63 bits per heavy atom. The molecule has 1 N–H and O–H groups in total. The maximum absolute atomic E-state index is 12.0. The molecular weight excluding hydrogens is 264 g/mol. The van der Waals surface area contributed by atoms with Crippen molar-refractivity contribution in [3.05, 3.63) is 29.3 Å². The van der Waals surface area contributed by atoms with E-state index in [1.165, 1.54) is 0 Å². The minimum atomic E-state index is -0.600. The zero-order valence-electron chi connectivity index (χ0n) is 10.9. The molecule has 1 aromatic rings. The van der Waals surface area contributed by atoms with Gasteiger partial charge in [-0.15, -0.1) is 0 Å². The van der Waals surface area contributed by atoms with Crippen LogP contribution in [0, 0.1) is 5.92 Å². The monoisotopic (exact) mass is 280 g/mol. The second kappa shape index (κ2) is 6.06. The van der Waals surface area contributed by atoms with Gasteiger partial charge in [-0.2, -0.15) is 0 Å². The Bertz CT molecular complexity index is 482. The number of nitrogens with zero attached hydrogens (tertiary/aromatic N) is 1. The molecule has 0 atom stereocenters. The number of halogens is 1. The fraction of sp³-hybridized carbons (Fsp3) is 0.429. The smallest absolute Gasteiger partial charge is 0.313 e. The summed E-state index contributed by atoms with van der Waals surface area (Å²) in [5.74, 6) is -0.441. The number of benzene rings is 1. The number of hydrogen-bond acceptors (Lipinski definition) is 2. The molecule has 2 amide bonds. The first kappa shape index (κ1) is 13.9. The normalized spacial score (nSPS) is 16.2. The summed E-state index contributed by atoms with van der Waals surface area (Å²) in [6.45, 7) is 3.47. The van der Waals surface area contributed by atoms with Crippen LogP contribution in [0.25, 0.3) is 0 Å². The number of likely N-dealkylation sites (tertiary alicyclic amines) is 1. The molecule has 19 heavy (non-hydrogen) atoms. The van der Waals surface area contributed by atoms with Crippen molar-refractivity contribution in [3.8, 4) is 0 Å². The lowest BCUT2D eigenvalue weighted by Gasteiger charge is -2.29. The Kier molecular flexibility index (Phi) is 4.43. The zero-order chi connectivity index (χ0) is 13.8. The average Bonchev–Trinajstić information content (AvgIpc) is 2.39. The highest BCUT2D eigenvalue weighted by molar-refractivity contribution is 6.39. The van der Waals surface area contributed by atoms with Gasteiger partial charge in [-0.25, -0.2) is 0 Å². The number of nitrogens with one attached hydrogen (secondary N) is 1. The molecule has 1 heterocycles. The van der Waals surface area contributed by atoms with Crippen LogP contribution in [0.3, 0.4) is 0 Å². The summed E-state index contributed by atoms with van der Waals surface area (Å²) in [5.41, 5.74) is 0.538. The number of piperidine rings is 1. The lowest BCUT2D eigenvalue weighted by Crippen LogP contribution is -2.43. The Hall–Kier alpha value is -1.55. The summed E-state index contributed by atoms with van der Waals surface area (Å²) < 4.78 is 0. The summed E-state index contributed by atoms with van der Waals surface area (Å²) in [6.07, 6.45) is 1.91. The molecule has 0 unspecified atom stereocenters. The highest BCUT2D eigenvalue weighted by atomic mass is 35.5. The molecule has 102 valence electrons. The number of amides is 2. The Morgan fingerprint density at radius 1 is 1.32 bits per heavy atom. The van der Waals surface area contributed by atoms with E-state index in [0.29, 0.717) is 29.7 Å². The molecular formula is C14H17ClN2O2. The molecule has 0 spiro atoms. The molecule has 5 heteroatoms. The molecule has 1 saturated heterocycles. The van der Waals surface area contributed by atoms with Gasteiger partial charge < -0.3 is 10.2 Å². The Morgan fingerprint density at radius 2 is 2.00 bits per heavy atom. The van der Waals surface area contributed by atoms with Crippen LogP contribution in [0.15, 0.2) is 24.3 Å². The van der Waals surface area contributed by atoms with E-state index in [9.17, 15) is 9.59 Å². The van der Waals surface area contributed by atoms with Gasteiger partial charge in [0.1, 0.15) is 0 Å². The molecule has 1 fully saturated rings. The minimum absolute atomic E-state index is 0.466. The predicted octanol–water partition coefficient (Wildman–Crippen LogP) is 2.54. The van der Waals surface area contributed by atoms with Crippen LogP contribution in [0.1, 0.15) is 19.8 Å². The van der Waals surface area contributed by atoms with Gasteiger partial charge in [0.05, 0.1) is 0 Å². The van der Waals surface area contributed by atoms with Gasteiger partial charge in [-0.3, -0.25) is 9.59 Å². The molecule has 0 aliphatic carbocycles. The molecule has 4 nitrogen and oxygen atoms in total. The summed E-state index contributed by atoms with van der Waals surface area (Å²) in [6, 6.07) is 6.76. The van der Waals surface area contributed by atoms with Gasteiger partial charge in [0.15, 0.2) is 0 Å². The molecule has 0 saturated carbocycles. The number of rotatable bonds is 1. The quantitative estimate of drug-likeness (QED) is 0.804. The van der Waals surface area contributed by atoms with Crippen molar-refractivity contribution >= 4 is 29.1 Å². The van der Waals surface area contributed by atoms with E-state index in [2.05, 4.69) is 12.2 Å². The van der Waals surface area contributed by atoms with Crippen LogP contribution < -0.4 is 5.32 Å². The SMILES string of the molecule is CC1CCN(C(=O)C(=O)Nc2cccc(Cl)c2)CC1. The first-order valence-electron chi connectivity index (χ1n) is 6.42. The van der Waals surface area contributed by atoms with Crippen molar-refractivity contribution in [3.63, 3.8) is 0 Å². The average molecular weight is 281 g/mol. The highest BCUT2D eigenvalue weighted by Gasteiger charge is 2.25. The number of carbonyl (C=O) groups excluding carboxylic acids is 2. The van der Waals surface area contributed by atoms with Crippen LogP contribution >= 0.6 is 11.6 Å². The van der Waals surface area contributed by atoms with Crippen molar-refractivity contribution < 1.29 is 9.59 Å². The van der Waals surface area contributed by atoms with E-state index in [1.807, 2.05) is 0 Å². The standard InChI is InChI=1S/C14H17ClN2O2/c1-10-5-7-17(8-6-10)14(19)13(18)16-12-4-2-3-11(15)9-12/h2-4,9-10H,5-8H2,1H3,(H,16,18). The second-order valence-corrected chi connectivity index (χ2v) is 5.38. The van der Waals surface area contributed by atoms with Crippen molar-refractivity contribution in [1.82, 2.24) is 4.90 Å². The lowest BCUT2D eigenvalue weighted by atomic mass is 9.99. The second-order valence-electron chi connectivity index (χ2n) is 4.94. The van der Waals surface area contributed by atoms with Crippen molar-refractivity contribution in [2.75, 3.05) is 18.4 Å². The van der Waals surface area contributed by atoms with Gasteiger partial charge in [-0.05, 0) is 37.0 Å². The Balaban J connectivity index is 1.94. The Labute approximate surface area is 117 Å². The largest absolute Gasteiger partial charge is 0.334 e. The number of anilines is 1. The van der Waals surface area contributed by atoms with Crippen LogP contribution in [0.2, 0.25) is 5.02 Å². The molecule has 0 radical (unpaired) electrons. The van der Waals surface area contributed by atoms with Crippen molar-refractivity contribution in [2.24, 2.45) is 5.92 Å². The van der Waals surface area contributed by atoms with Crippen LogP contribution in [0.5, 0.6) is 0 Å². The molecule has 2 rings (SSSR count). The number of hydrogen-bond donors (Lipinski definition) is 1. The topological polar surface area (TPSA) is 49.4 Å². The van der Waals surface area contributed by atoms with Gasteiger partial charge in [0, 0.05) is 23.8 Å². The summed E-state index contributed by atoms with van der Waals surface area (Å²) in [5, 5.41) is 3.10. The number of carbonyl (C=O) groups is 2. The predicted molar refractivity (Wildman–Crippen MR) is 75.1 cm³/mol. The summed E-state index contributed by atoms with van der Waals surface area (Å²) >= 11 is 5.83. The maximum atomic E-state index is 12.0. The van der Waals surface area contributed by atoms with Crippen LogP contribution in [0.4, 0.5) is 5.69 Å². The van der Waals surface area contributed by atoms with Gasteiger partial charge in [0.2, 0.25) is 0 Å². The molecule has 1 aliphatic heterocycles. The van der Waals surface area contributed by atoms with E-state index in [0.717, 1.165) is 12.8 Å². The lowest BCUT2D eigenvalue weighted by molar-refractivity contribution is -0.144. The van der Waals surface area contributed by atoms with Crippen LogP contribution in [-0.2, 0) is 9.59 Å². The van der Waals surface area contributed by atoms with E-state index >= 15 is 0 Å². The molecule has 0 bridgehead atoms. The van der Waals surface area contributed by atoms with Crippen molar-refractivity contribution in [2.45, 2.75) is 19.8 Å². The van der Waals surface area contributed by atoms with Gasteiger partial charge in [0.25, 0.3) is 0 Å². The molecule has 0 aromatic heterocycles. The third kappa shape index (κ3) is 3.70. The van der Waals surface area contributed by atoms with Gasteiger partial charge >= 0.3 is 11.8 Å². The summed E-state index contributed by atoms with van der Waals surface area (Å²) in [7, 11) is 0. The maximum Gasteiger partial charge on any atom is 0.313 e. The molecule has 1 aromatic carbocycles. The minimum Gasteiger partial charge on any atom is -0.334 e. The third-order valence-corrected chi connectivity index (χ3v) is 3.58. The highest BCUT2D eigenvalue weighted by Crippen LogP contribution is 2.17. The summed E-state index contributed by atoms with van der Waals surface area (Å²) in [4.78, 5) is 25.4. The van der Waals surface area contributed by atoms with Crippen LogP contribution in [-0.4, -0.2) is 29.8 Å². The first-order chi connectivity index (χ1) is 9.06. The van der Waals surface area contributed by atoms with E-state index in [1.54, 1.807) is 29.2 Å². The zero-order valence-corrected chi connectivity index (χ0v) is 11.6. The van der Waals surface area contributed by atoms with E-state index in [4.69, 9.17) is 11.6 Å². The molecule has 1 aliphatic rings. The van der Waals surface area contributed by atoms with Crippen molar-refractivity contribution in [1.29, 1.82) is 0 Å². The van der Waals surface area contributed by atoms with E-state index < -0.39 is 11.8 Å².